The average Bonchev–Trinajstić information content (AvgIpc) is 2.16. The first-order valence-corrected chi connectivity index (χ1v) is 3.94. The molecule has 0 radical (unpaired) electrons. The molecule has 5 heteroatoms. The molecule has 1 aromatic heterocycles. The second kappa shape index (κ2) is 4.03. The van der Waals surface area contributed by atoms with Crippen molar-refractivity contribution in [2.45, 2.75) is 13.3 Å². The maximum Gasteiger partial charge on any atom is 0.488 e. The molecule has 0 fully saturated rings. The van der Waals surface area contributed by atoms with Gasteiger partial charge in [-0.3, -0.25) is 0 Å². The molecule has 1 heterocycles. The van der Waals surface area contributed by atoms with E-state index in [4.69, 9.17) is 15.3 Å². The molecule has 0 amide bonds. The van der Waals surface area contributed by atoms with Crippen molar-refractivity contribution < 1.29 is 10.0 Å². The van der Waals surface area contributed by atoms with Crippen LogP contribution in [0.4, 0.5) is 0 Å². The van der Waals surface area contributed by atoms with Crippen LogP contribution in [-0.4, -0.2) is 22.2 Å². The topological polar surface area (TPSA) is 77.1 Å². The Hall–Kier alpha value is -1.38. The molecule has 0 aromatic carbocycles. The highest BCUT2D eigenvalue weighted by Gasteiger charge is 2.15. The van der Waals surface area contributed by atoms with Gasteiger partial charge in [-0.1, -0.05) is 6.92 Å². The standard InChI is InChI=1S/C8H9BN2O2/c1-2-6-5-11-7(4-10)3-8(6)9(12)13/h3,5,12-13H,2H2,1H3. The quantitative estimate of drug-likeness (QED) is 0.578. The molecule has 0 bridgehead atoms. The molecule has 13 heavy (non-hydrogen) atoms. The van der Waals surface area contributed by atoms with Crippen LogP contribution in [0, 0.1) is 11.3 Å². The van der Waals surface area contributed by atoms with Crippen molar-refractivity contribution >= 4 is 12.6 Å². The zero-order valence-corrected chi connectivity index (χ0v) is 7.23. The Kier molecular flexibility index (Phi) is 3.01. The molecule has 2 N–H and O–H groups in total. The summed E-state index contributed by atoms with van der Waals surface area (Å²) in [6.07, 6.45) is 2.15. The van der Waals surface area contributed by atoms with Crippen molar-refractivity contribution in [3.63, 3.8) is 0 Å². The largest absolute Gasteiger partial charge is 0.488 e. The maximum atomic E-state index is 8.97. The van der Waals surface area contributed by atoms with Gasteiger partial charge in [0, 0.05) is 6.20 Å². The van der Waals surface area contributed by atoms with Crippen LogP contribution in [-0.2, 0) is 6.42 Å². The van der Waals surface area contributed by atoms with E-state index in [2.05, 4.69) is 4.98 Å². The average molecular weight is 176 g/mol. The molecule has 1 rings (SSSR count). The van der Waals surface area contributed by atoms with Crippen molar-refractivity contribution in [2.24, 2.45) is 0 Å². The van der Waals surface area contributed by atoms with Crippen molar-refractivity contribution in [1.82, 2.24) is 4.98 Å². The second-order valence-corrected chi connectivity index (χ2v) is 2.61. The van der Waals surface area contributed by atoms with Crippen LogP contribution in [0.15, 0.2) is 12.3 Å². The molecule has 0 saturated heterocycles. The SMILES string of the molecule is CCc1cnc(C#N)cc1B(O)O. The van der Waals surface area contributed by atoms with Gasteiger partial charge in [0.1, 0.15) is 11.8 Å². The van der Waals surface area contributed by atoms with Gasteiger partial charge in [0.25, 0.3) is 0 Å². The summed E-state index contributed by atoms with van der Waals surface area (Å²) in [5.74, 6) is 0. The zero-order chi connectivity index (χ0) is 9.84. The Morgan fingerprint density at radius 1 is 1.62 bits per heavy atom. The summed E-state index contributed by atoms with van der Waals surface area (Å²) >= 11 is 0. The summed E-state index contributed by atoms with van der Waals surface area (Å²) in [4.78, 5) is 3.83. The van der Waals surface area contributed by atoms with Crippen LogP contribution in [0.5, 0.6) is 0 Å². The van der Waals surface area contributed by atoms with Gasteiger partial charge in [0.2, 0.25) is 0 Å². The van der Waals surface area contributed by atoms with Gasteiger partial charge < -0.3 is 10.0 Å². The Morgan fingerprint density at radius 3 is 2.77 bits per heavy atom. The van der Waals surface area contributed by atoms with E-state index >= 15 is 0 Å². The highest BCUT2D eigenvalue weighted by molar-refractivity contribution is 6.59. The first kappa shape index (κ1) is 9.71. The van der Waals surface area contributed by atoms with Gasteiger partial charge in [-0.15, -0.1) is 0 Å². The molecule has 1 aromatic rings. The van der Waals surface area contributed by atoms with Crippen LogP contribution in [0.2, 0.25) is 0 Å². The first-order valence-electron chi connectivity index (χ1n) is 3.94. The molecular weight excluding hydrogens is 167 g/mol. The number of hydrogen-bond acceptors (Lipinski definition) is 4. The summed E-state index contributed by atoms with van der Waals surface area (Å²) in [7, 11) is -1.54. The van der Waals surface area contributed by atoms with E-state index < -0.39 is 7.12 Å². The normalized spacial score (nSPS) is 9.38. The number of pyridine rings is 1. The predicted octanol–water partition coefficient (Wildman–Crippen LogP) is -0.805. The van der Waals surface area contributed by atoms with Crippen molar-refractivity contribution in [3.05, 3.63) is 23.5 Å². The first-order chi connectivity index (χ1) is 6.19. The lowest BCUT2D eigenvalue weighted by Crippen LogP contribution is -2.33. The van der Waals surface area contributed by atoms with Crippen molar-refractivity contribution in [1.29, 1.82) is 5.26 Å². The fourth-order valence-corrected chi connectivity index (χ4v) is 1.10. The van der Waals surface area contributed by atoms with Crippen LogP contribution < -0.4 is 5.46 Å². The van der Waals surface area contributed by atoms with Crippen LogP contribution in [0.25, 0.3) is 0 Å². The highest BCUT2D eigenvalue weighted by Crippen LogP contribution is 1.98. The van der Waals surface area contributed by atoms with Gasteiger partial charge in [0.05, 0.1) is 0 Å². The molecule has 0 atom stereocenters. The third-order valence-corrected chi connectivity index (χ3v) is 1.80. The van der Waals surface area contributed by atoms with E-state index in [-0.39, 0.29) is 5.69 Å². The Bertz CT molecular complexity index is 346. The molecule has 0 aliphatic rings. The number of nitrogens with zero attached hydrogens (tertiary/aromatic N) is 2. The van der Waals surface area contributed by atoms with Gasteiger partial charge in [-0.2, -0.15) is 5.26 Å². The third-order valence-electron chi connectivity index (χ3n) is 1.80. The molecule has 0 aliphatic carbocycles. The van der Waals surface area contributed by atoms with Gasteiger partial charge in [-0.25, -0.2) is 4.98 Å². The monoisotopic (exact) mass is 176 g/mol. The summed E-state index contributed by atoms with van der Waals surface area (Å²) < 4.78 is 0. The fraction of sp³-hybridized carbons (Fsp3) is 0.250. The number of rotatable bonds is 2. The van der Waals surface area contributed by atoms with Crippen LogP contribution >= 0.6 is 0 Å². The summed E-state index contributed by atoms with van der Waals surface area (Å²) in [6.45, 7) is 1.88. The molecule has 0 unspecified atom stereocenters. The highest BCUT2D eigenvalue weighted by atomic mass is 16.4. The lowest BCUT2D eigenvalue weighted by molar-refractivity contribution is 0.425. The van der Waals surface area contributed by atoms with Gasteiger partial charge in [-0.05, 0) is 23.5 Å². The maximum absolute atomic E-state index is 8.97. The molecule has 0 saturated carbocycles. The third kappa shape index (κ3) is 2.05. The molecule has 66 valence electrons. The predicted molar refractivity (Wildman–Crippen MR) is 48.2 cm³/mol. The molecule has 4 nitrogen and oxygen atoms in total. The Morgan fingerprint density at radius 2 is 2.31 bits per heavy atom. The number of hydrogen-bond donors (Lipinski definition) is 2. The van der Waals surface area contributed by atoms with E-state index in [0.29, 0.717) is 11.9 Å². The summed E-state index contributed by atoms with van der Waals surface area (Å²) in [5.41, 5.74) is 1.29. The van der Waals surface area contributed by atoms with Crippen molar-refractivity contribution in [3.8, 4) is 6.07 Å². The van der Waals surface area contributed by atoms with Crippen molar-refractivity contribution in [2.75, 3.05) is 0 Å². The fourth-order valence-electron chi connectivity index (χ4n) is 1.10. The van der Waals surface area contributed by atoms with Gasteiger partial charge >= 0.3 is 7.12 Å². The van der Waals surface area contributed by atoms with E-state index in [1.165, 1.54) is 12.3 Å². The minimum atomic E-state index is -1.54. The Balaban J connectivity index is 3.20. The summed E-state index contributed by atoms with van der Waals surface area (Å²) in [6, 6.07) is 3.23. The summed E-state index contributed by atoms with van der Waals surface area (Å²) in [5, 5.41) is 26.5. The molecular formula is C8H9BN2O2. The van der Waals surface area contributed by atoms with E-state index in [9.17, 15) is 0 Å². The van der Waals surface area contributed by atoms with Gasteiger partial charge in [0.15, 0.2) is 0 Å². The minimum Gasteiger partial charge on any atom is -0.423 e. The van der Waals surface area contributed by atoms with E-state index in [1.54, 1.807) is 0 Å². The second-order valence-electron chi connectivity index (χ2n) is 2.61. The molecule has 0 aliphatic heterocycles. The smallest absolute Gasteiger partial charge is 0.423 e. The Labute approximate surface area is 76.6 Å². The minimum absolute atomic E-state index is 0.195. The van der Waals surface area contributed by atoms with Crippen LogP contribution in [0.1, 0.15) is 18.2 Å². The van der Waals surface area contributed by atoms with E-state index in [1.807, 2.05) is 13.0 Å². The molecule has 0 spiro atoms. The number of aryl methyl sites for hydroxylation is 1. The van der Waals surface area contributed by atoms with E-state index in [0.717, 1.165) is 5.56 Å². The lowest BCUT2D eigenvalue weighted by atomic mass is 9.77. The zero-order valence-electron chi connectivity index (χ0n) is 7.23. The number of nitriles is 1. The number of aromatic nitrogens is 1. The lowest BCUT2D eigenvalue weighted by Gasteiger charge is -2.05. The van der Waals surface area contributed by atoms with Crippen LogP contribution in [0.3, 0.4) is 0 Å².